The van der Waals surface area contributed by atoms with Crippen molar-refractivity contribution in [3.8, 4) is 11.5 Å². The molecule has 0 radical (unpaired) electrons. The van der Waals surface area contributed by atoms with E-state index in [2.05, 4.69) is 9.97 Å². The van der Waals surface area contributed by atoms with Crippen LogP contribution in [0.25, 0.3) is 22.6 Å². The van der Waals surface area contributed by atoms with Crippen LogP contribution < -0.4 is 0 Å². The van der Waals surface area contributed by atoms with Gasteiger partial charge < -0.3 is 8.97 Å². The summed E-state index contributed by atoms with van der Waals surface area (Å²) < 4.78 is 17.4. The number of hydrogen-bond acceptors (Lipinski definition) is 4. The highest BCUT2D eigenvalue weighted by molar-refractivity contribution is 7.90. The number of aromatic nitrogens is 2. The summed E-state index contributed by atoms with van der Waals surface area (Å²) in [6, 6.07) is 7.61. The van der Waals surface area contributed by atoms with Crippen molar-refractivity contribution in [1.82, 2.24) is 9.97 Å². The Hall–Kier alpha value is -1.85. The summed E-state index contributed by atoms with van der Waals surface area (Å²) in [7, 11) is 0. The van der Waals surface area contributed by atoms with Crippen LogP contribution >= 0.6 is 0 Å². The molecule has 0 spiro atoms. The Morgan fingerprint density at radius 3 is 2.89 bits per heavy atom. The Morgan fingerprint density at radius 1 is 1.26 bits per heavy atom. The molecule has 3 aromatic rings. The third-order valence-corrected chi connectivity index (χ3v) is 3.81. The lowest BCUT2D eigenvalue weighted by Gasteiger charge is -2.06. The second-order valence-electron chi connectivity index (χ2n) is 4.32. The first kappa shape index (κ1) is 12.2. The first-order chi connectivity index (χ1) is 9.15. The van der Waals surface area contributed by atoms with Crippen LogP contribution in [-0.2, 0) is 11.2 Å². The standard InChI is InChI=1S/C14H12N2O2S/c1-9-3-4-12-11(7-9)16-14(18-12)10-5-6-15-8-13(10)19(2)17/h3-8H,1-2H3. The maximum absolute atomic E-state index is 11.7. The predicted molar refractivity (Wildman–Crippen MR) is 74.3 cm³/mol. The third-order valence-electron chi connectivity index (χ3n) is 2.87. The average molecular weight is 272 g/mol. The van der Waals surface area contributed by atoms with E-state index in [4.69, 9.17) is 4.42 Å². The van der Waals surface area contributed by atoms with Crippen LogP contribution in [0.1, 0.15) is 5.56 Å². The maximum atomic E-state index is 11.7. The fraction of sp³-hybridized carbons (Fsp3) is 0.143. The lowest BCUT2D eigenvalue weighted by atomic mass is 10.2. The molecule has 1 atom stereocenters. The Kier molecular flexibility index (Phi) is 3.00. The lowest BCUT2D eigenvalue weighted by molar-refractivity contribution is 0.596. The number of benzene rings is 1. The largest absolute Gasteiger partial charge is 0.612 e. The molecule has 0 aliphatic heterocycles. The van der Waals surface area contributed by atoms with Crippen molar-refractivity contribution in [2.45, 2.75) is 11.8 Å². The first-order valence-corrected chi connectivity index (χ1v) is 7.36. The number of rotatable bonds is 2. The van der Waals surface area contributed by atoms with Gasteiger partial charge in [-0.05, 0) is 41.9 Å². The van der Waals surface area contributed by atoms with E-state index < -0.39 is 11.2 Å². The second-order valence-corrected chi connectivity index (χ2v) is 5.66. The molecule has 2 heterocycles. The quantitative estimate of drug-likeness (QED) is 0.673. The van der Waals surface area contributed by atoms with Crippen LogP contribution in [0.15, 0.2) is 46.0 Å². The van der Waals surface area contributed by atoms with Crippen LogP contribution in [0, 0.1) is 6.92 Å². The van der Waals surface area contributed by atoms with Gasteiger partial charge in [-0.2, -0.15) is 0 Å². The summed E-state index contributed by atoms with van der Waals surface area (Å²) in [5.74, 6) is 0.480. The highest BCUT2D eigenvalue weighted by Crippen LogP contribution is 2.29. The SMILES string of the molecule is Cc1ccc2oc(-c3ccncc3[S+](C)[O-])nc2c1. The van der Waals surface area contributed by atoms with Gasteiger partial charge in [0, 0.05) is 6.20 Å². The fourth-order valence-corrected chi connectivity index (χ4v) is 2.61. The summed E-state index contributed by atoms with van der Waals surface area (Å²) in [6.45, 7) is 2.01. The number of aryl methyl sites for hydroxylation is 1. The molecule has 0 aliphatic carbocycles. The van der Waals surface area contributed by atoms with Crippen LogP contribution in [0.4, 0.5) is 0 Å². The van der Waals surface area contributed by atoms with Gasteiger partial charge in [0.25, 0.3) is 0 Å². The Balaban J connectivity index is 2.19. The zero-order chi connectivity index (χ0) is 13.4. The molecule has 0 saturated carbocycles. The zero-order valence-corrected chi connectivity index (χ0v) is 11.4. The van der Waals surface area contributed by atoms with Crippen molar-refractivity contribution in [3.05, 3.63) is 42.2 Å². The average Bonchev–Trinajstić information content (AvgIpc) is 2.81. The number of fused-ring (bicyclic) bond motifs is 1. The van der Waals surface area contributed by atoms with Crippen molar-refractivity contribution in [3.63, 3.8) is 0 Å². The van der Waals surface area contributed by atoms with Crippen LogP contribution in [0.3, 0.4) is 0 Å². The molecule has 19 heavy (non-hydrogen) atoms. The van der Waals surface area contributed by atoms with E-state index in [1.807, 2.05) is 25.1 Å². The smallest absolute Gasteiger partial charge is 0.232 e. The van der Waals surface area contributed by atoms with E-state index in [1.54, 1.807) is 24.7 Å². The maximum Gasteiger partial charge on any atom is 0.232 e. The van der Waals surface area contributed by atoms with Gasteiger partial charge >= 0.3 is 0 Å². The van der Waals surface area contributed by atoms with Crippen molar-refractivity contribution in [2.75, 3.05) is 6.26 Å². The summed E-state index contributed by atoms with van der Waals surface area (Å²) in [4.78, 5) is 9.09. The van der Waals surface area contributed by atoms with Gasteiger partial charge in [0.15, 0.2) is 10.5 Å². The van der Waals surface area contributed by atoms with Gasteiger partial charge in [-0.1, -0.05) is 6.07 Å². The van der Waals surface area contributed by atoms with Gasteiger partial charge in [0.05, 0.1) is 11.8 Å². The topological polar surface area (TPSA) is 62.0 Å². The Bertz CT molecular complexity index is 737. The fourth-order valence-electron chi connectivity index (χ4n) is 1.94. The normalized spacial score (nSPS) is 12.8. The molecule has 1 unspecified atom stereocenters. The number of nitrogens with zero attached hydrogens (tertiary/aromatic N) is 2. The highest BCUT2D eigenvalue weighted by Gasteiger charge is 2.18. The molecule has 0 fully saturated rings. The molecule has 4 nitrogen and oxygen atoms in total. The van der Waals surface area contributed by atoms with E-state index in [0.29, 0.717) is 10.8 Å². The summed E-state index contributed by atoms with van der Waals surface area (Å²) in [5, 5.41) is 0. The van der Waals surface area contributed by atoms with Crippen LogP contribution in [0.2, 0.25) is 0 Å². The number of oxazole rings is 1. The molecule has 2 aromatic heterocycles. The van der Waals surface area contributed by atoms with Crippen molar-refractivity contribution >= 4 is 22.3 Å². The molecule has 0 aliphatic rings. The molecular formula is C14H12N2O2S. The van der Waals surface area contributed by atoms with E-state index in [1.165, 1.54) is 0 Å². The molecule has 0 bridgehead atoms. The lowest BCUT2D eigenvalue weighted by Crippen LogP contribution is -2.00. The molecule has 1 aromatic carbocycles. The zero-order valence-electron chi connectivity index (χ0n) is 10.6. The van der Waals surface area contributed by atoms with Gasteiger partial charge in [-0.25, -0.2) is 4.98 Å². The van der Waals surface area contributed by atoms with E-state index in [0.717, 1.165) is 22.2 Å². The van der Waals surface area contributed by atoms with Crippen LogP contribution in [0.5, 0.6) is 0 Å². The number of hydrogen-bond donors (Lipinski definition) is 0. The predicted octanol–water partition coefficient (Wildman–Crippen LogP) is 2.94. The van der Waals surface area contributed by atoms with Gasteiger partial charge in [0.1, 0.15) is 11.8 Å². The van der Waals surface area contributed by atoms with E-state index >= 15 is 0 Å². The summed E-state index contributed by atoms with van der Waals surface area (Å²) >= 11 is -1.13. The number of pyridine rings is 1. The van der Waals surface area contributed by atoms with Gasteiger partial charge in [0.2, 0.25) is 5.89 Å². The van der Waals surface area contributed by atoms with Gasteiger partial charge in [-0.3, -0.25) is 4.98 Å². The Morgan fingerprint density at radius 2 is 2.11 bits per heavy atom. The monoisotopic (exact) mass is 272 g/mol. The molecule has 0 amide bonds. The van der Waals surface area contributed by atoms with Crippen molar-refractivity contribution in [2.24, 2.45) is 0 Å². The molecular weight excluding hydrogens is 260 g/mol. The minimum atomic E-state index is -1.13. The first-order valence-electron chi connectivity index (χ1n) is 5.80. The van der Waals surface area contributed by atoms with E-state index in [-0.39, 0.29) is 0 Å². The molecule has 96 valence electrons. The van der Waals surface area contributed by atoms with Gasteiger partial charge in [-0.15, -0.1) is 0 Å². The second kappa shape index (κ2) is 4.68. The Labute approximate surface area is 113 Å². The van der Waals surface area contributed by atoms with Crippen LogP contribution in [-0.4, -0.2) is 20.8 Å². The van der Waals surface area contributed by atoms with E-state index in [9.17, 15) is 4.55 Å². The molecule has 5 heteroatoms. The highest BCUT2D eigenvalue weighted by atomic mass is 32.2. The molecule has 3 rings (SSSR count). The minimum absolute atomic E-state index is 0.480. The minimum Gasteiger partial charge on any atom is -0.612 e. The molecule has 0 saturated heterocycles. The summed E-state index contributed by atoms with van der Waals surface area (Å²) in [5.41, 5.74) is 3.39. The van der Waals surface area contributed by atoms with Crippen molar-refractivity contribution < 1.29 is 8.97 Å². The third kappa shape index (κ3) is 2.22. The van der Waals surface area contributed by atoms with Crippen molar-refractivity contribution in [1.29, 1.82) is 0 Å². The summed E-state index contributed by atoms with van der Waals surface area (Å²) in [6.07, 6.45) is 4.85. The molecule has 0 N–H and O–H groups in total.